The van der Waals surface area contributed by atoms with Crippen LogP contribution in [0.25, 0.3) is 0 Å². The molecular weight excluding hydrogens is 252 g/mol. The zero-order valence-electron chi connectivity index (χ0n) is 13.3. The molecule has 2 fully saturated rings. The molecule has 3 atom stereocenters. The van der Waals surface area contributed by atoms with Crippen molar-refractivity contribution >= 4 is 5.91 Å². The molecule has 1 heterocycles. The summed E-state index contributed by atoms with van der Waals surface area (Å²) in [6.45, 7) is 7.21. The van der Waals surface area contributed by atoms with Gasteiger partial charge in [0.2, 0.25) is 5.91 Å². The van der Waals surface area contributed by atoms with Gasteiger partial charge < -0.3 is 15.7 Å². The number of rotatable bonds is 3. The van der Waals surface area contributed by atoms with Crippen LogP contribution < -0.4 is 10.6 Å². The van der Waals surface area contributed by atoms with Crippen LogP contribution in [-0.2, 0) is 4.79 Å². The summed E-state index contributed by atoms with van der Waals surface area (Å²) in [7, 11) is 0. The van der Waals surface area contributed by atoms with Crippen molar-refractivity contribution in [1.82, 2.24) is 10.6 Å². The van der Waals surface area contributed by atoms with Crippen molar-refractivity contribution in [2.45, 2.75) is 89.4 Å². The average molecular weight is 282 g/mol. The molecule has 0 spiro atoms. The Morgan fingerprint density at radius 3 is 2.40 bits per heavy atom. The third-order valence-corrected chi connectivity index (χ3v) is 5.43. The first-order valence-corrected chi connectivity index (χ1v) is 8.01. The van der Waals surface area contributed by atoms with E-state index in [1.807, 2.05) is 13.8 Å². The van der Waals surface area contributed by atoms with Crippen LogP contribution >= 0.6 is 0 Å². The minimum absolute atomic E-state index is 0.0288. The molecule has 1 aliphatic heterocycles. The van der Waals surface area contributed by atoms with E-state index in [0.29, 0.717) is 6.04 Å². The van der Waals surface area contributed by atoms with Gasteiger partial charge >= 0.3 is 0 Å². The van der Waals surface area contributed by atoms with Gasteiger partial charge in [-0.25, -0.2) is 0 Å². The van der Waals surface area contributed by atoms with Crippen LogP contribution in [0.5, 0.6) is 0 Å². The highest BCUT2D eigenvalue weighted by molar-refractivity contribution is 5.82. The van der Waals surface area contributed by atoms with Gasteiger partial charge in [-0.3, -0.25) is 4.79 Å². The number of carbonyl (C=O) groups excluding carboxylic acids is 1. The second-order valence-electron chi connectivity index (χ2n) is 7.62. The fraction of sp³-hybridized carbons (Fsp3) is 0.938. The SMILES string of the molecule is CC(C)(O)C(C)(C)NC(=O)C1CCC2CCCCC2N1. The van der Waals surface area contributed by atoms with Gasteiger partial charge in [-0.1, -0.05) is 12.8 Å². The molecule has 1 saturated carbocycles. The Kier molecular flexibility index (Phi) is 4.45. The Labute approximate surface area is 122 Å². The number of fused-ring (bicyclic) bond motifs is 1. The normalized spacial score (nSPS) is 31.6. The zero-order valence-corrected chi connectivity index (χ0v) is 13.3. The fourth-order valence-electron chi connectivity index (χ4n) is 3.25. The summed E-state index contributed by atoms with van der Waals surface area (Å²) in [5.74, 6) is 0.788. The molecule has 3 unspecified atom stereocenters. The average Bonchev–Trinajstić information content (AvgIpc) is 2.36. The molecule has 0 aromatic carbocycles. The van der Waals surface area contributed by atoms with Crippen molar-refractivity contribution < 1.29 is 9.90 Å². The third kappa shape index (κ3) is 3.34. The van der Waals surface area contributed by atoms with Crippen LogP contribution in [0.15, 0.2) is 0 Å². The zero-order chi connectivity index (χ0) is 15.0. The molecule has 0 aromatic heterocycles. The van der Waals surface area contributed by atoms with E-state index in [4.69, 9.17) is 0 Å². The Morgan fingerprint density at radius 1 is 1.10 bits per heavy atom. The summed E-state index contributed by atoms with van der Waals surface area (Å²) in [5, 5.41) is 16.7. The maximum Gasteiger partial charge on any atom is 0.237 e. The first kappa shape index (κ1) is 15.8. The highest BCUT2D eigenvalue weighted by atomic mass is 16.3. The van der Waals surface area contributed by atoms with Crippen LogP contribution in [0, 0.1) is 5.92 Å². The number of hydrogen-bond acceptors (Lipinski definition) is 3. The van der Waals surface area contributed by atoms with Crippen molar-refractivity contribution in [3.8, 4) is 0 Å². The highest BCUT2D eigenvalue weighted by Gasteiger charge is 2.40. The number of nitrogens with one attached hydrogen (secondary N) is 2. The van der Waals surface area contributed by atoms with Crippen LogP contribution in [-0.4, -0.2) is 34.2 Å². The van der Waals surface area contributed by atoms with E-state index >= 15 is 0 Å². The molecule has 1 aliphatic carbocycles. The second kappa shape index (κ2) is 5.64. The standard InChI is InChI=1S/C16H30N2O2/c1-15(2,16(3,4)20)18-14(19)13-10-9-11-7-5-6-8-12(11)17-13/h11-13,17,20H,5-10H2,1-4H3,(H,18,19). The van der Waals surface area contributed by atoms with E-state index in [1.165, 1.54) is 25.7 Å². The number of amides is 1. The minimum atomic E-state index is -0.940. The van der Waals surface area contributed by atoms with Crippen molar-refractivity contribution in [2.75, 3.05) is 0 Å². The summed E-state index contributed by atoms with van der Waals surface area (Å²) in [4.78, 5) is 12.5. The predicted molar refractivity (Wildman–Crippen MR) is 80.4 cm³/mol. The van der Waals surface area contributed by atoms with Crippen LogP contribution in [0.1, 0.15) is 66.2 Å². The van der Waals surface area contributed by atoms with Gasteiger partial charge in [0, 0.05) is 6.04 Å². The Morgan fingerprint density at radius 2 is 1.75 bits per heavy atom. The smallest absolute Gasteiger partial charge is 0.237 e. The van der Waals surface area contributed by atoms with Crippen LogP contribution in [0.4, 0.5) is 0 Å². The van der Waals surface area contributed by atoms with Crippen molar-refractivity contribution in [3.05, 3.63) is 0 Å². The summed E-state index contributed by atoms with van der Waals surface area (Å²) in [6, 6.07) is 0.412. The van der Waals surface area contributed by atoms with Gasteiger partial charge in [0.1, 0.15) is 0 Å². The Balaban J connectivity index is 1.93. The molecule has 1 amide bonds. The third-order valence-electron chi connectivity index (χ3n) is 5.43. The first-order valence-electron chi connectivity index (χ1n) is 8.01. The molecule has 20 heavy (non-hydrogen) atoms. The fourth-order valence-corrected chi connectivity index (χ4v) is 3.25. The molecule has 116 valence electrons. The molecule has 4 nitrogen and oxygen atoms in total. The van der Waals surface area contributed by atoms with E-state index in [9.17, 15) is 9.90 Å². The quantitative estimate of drug-likeness (QED) is 0.741. The van der Waals surface area contributed by atoms with Gasteiger partial charge in [0.25, 0.3) is 0 Å². The second-order valence-corrected chi connectivity index (χ2v) is 7.62. The van der Waals surface area contributed by atoms with Gasteiger partial charge in [0.05, 0.1) is 17.2 Å². The summed E-state index contributed by atoms with van der Waals surface area (Å²) >= 11 is 0. The molecule has 1 saturated heterocycles. The van der Waals surface area contributed by atoms with Gasteiger partial charge in [-0.15, -0.1) is 0 Å². The first-order chi connectivity index (χ1) is 9.21. The largest absolute Gasteiger partial charge is 0.388 e. The van der Waals surface area contributed by atoms with Gasteiger partial charge in [-0.2, -0.15) is 0 Å². The van der Waals surface area contributed by atoms with Crippen molar-refractivity contribution in [3.63, 3.8) is 0 Å². The lowest BCUT2D eigenvalue weighted by atomic mass is 9.77. The summed E-state index contributed by atoms with van der Waals surface area (Å²) in [6.07, 6.45) is 7.18. The number of hydrogen-bond donors (Lipinski definition) is 3. The highest BCUT2D eigenvalue weighted by Crippen LogP contribution is 2.32. The molecule has 0 radical (unpaired) electrons. The minimum Gasteiger partial charge on any atom is -0.388 e. The number of aliphatic hydroxyl groups is 1. The predicted octanol–water partition coefficient (Wildman–Crippen LogP) is 1.96. The molecule has 0 aromatic rings. The van der Waals surface area contributed by atoms with Crippen molar-refractivity contribution in [1.29, 1.82) is 0 Å². The lowest BCUT2D eigenvalue weighted by Gasteiger charge is -2.42. The molecule has 4 heteroatoms. The Bertz CT molecular complexity index is 360. The van der Waals surface area contributed by atoms with Crippen molar-refractivity contribution in [2.24, 2.45) is 5.92 Å². The molecular formula is C16H30N2O2. The molecule has 2 rings (SSSR count). The maximum atomic E-state index is 12.5. The molecule has 3 N–H and O–H groups in total. The topological polar surface area (TPSA) is 61.4 Å². The summed E-state index contributed by atoms with van der Waals surface area (Å²) in [5.41, 5.74) is -1.57. The number of carbonyl (C=O) groups is 1. The molecule has 0 bridgehead atoms. The lowest BCUT2D eigenvalue weighted by molar-refractivity contribution is -0.129. The lowest BCUT2D eigenvalue weighted by Crippen LogP contribution is -2.63. The van der Waals surface area contributed by atoms with Crippen LogP contribution in [0.2, 0.25) is 0 Å². The van der Waals surface area contributed by atoms with E-state index in [2.05, 4.69) is 10.6 Å². The van der Waals surface area contributed by atoms with E-state index in [-0.39, 0.29) is 11.9 Å². The van der Waals surface area contributed by atoms with E-state index in [1.54, 1.807) is 13.8 Å². The maximum absolute atomic E-state index is 12.5. The summed E-state index contributed by atoms with van der Waals surface area (Å²) < 4.78 is 0. The Hall–Kier alpha value is -0.610. The van der Waals surface area contributed by atoms with Gasteiger partial charge in [0.15, 0.2) is 0 Å². The van der Waals surface area contributed by atoms with Gasteiger partial charge in [-0.05, 0) is 59.3 Å². The van der Waals surface area contributed by atoms with Crippen LogP contribution in [0.3, 0.4) is 0 Å². The monoisotopic (exact) mass is 282 g/mol. The van der Waals surface area contributed by atoms with E-state index in [0.717, 1.165) is 18.8 Å². The number of piperidine rings is 1. The molecule has 2 aliphatic rings. The van der Waals surface area contributed by atoms with E-state index < -0.39 is 11.1 Å².